The molecule has 0 heterocycles. The molecule has 0 spiro atoms. The molecule has 134 valence electrons. The highest BCUT2D eigenvalue weighted by atomic mass is 35.5. The van der Waals surface area contributed by atoms with Gasteiger partial charge in [-0.2, -0.15) is 0 Å². The molecule has 0 radical (unpaired) electrons. The van der Waals surface area contributed by atoms with E-state index in [1.54, 1.807) is 56.6 Å². The molecule has 1 atom stereocenters. The number of carbonyl (C=O) groups excluding carboxylic acids is 1. The Morgan fingerprint density at radius 1 is 1.20 bits per heavy atom. The molecule has 0 bridgehead atoms. The highest BCUT2D eigenvalue weighted by molar-refractivity contribution is 6.31. The molecule has 6 heteroatoms. The third kappa shape index (κ3) is 5.37. The number of aliphatic hydroxyl groups excluding tert-OH is 1. The number of likely N-dealkylation sites (N-methyl/N-ethyl adjacent to an activating group) is 1. The first-order valence-corrected chi connectivity index (χ1v) is 8.25. The maximum atomic E-state index is 12.4. The van der Waals surface area contributed by atoms with Gasteiger partial charge in [0, 0.05) is 24.2 Å². The molecule has 0 aromatic heterocycles. The van der Waals surface area contributed by atoms with Gasteiger partial charge in [0.1, 0.15) is 24.2 Å². The van der Waals surface area contributed by atoms with Gasteiger partial charge in [-0.05, 0) is 55.0 Å². The first-order chi connectivity index (χ1) is 11.9. The summed E-state index contributed by atoms with van der Waals surface area (Å²) in [5, 5.41) is 10.8. The van der Waals surface area contributed by atoms with Crippen LogP contribution in [0.2, 0.25) is 5.02 Å². The van der Waals surface area contributed by atoms with Crippen LogP contribution in [0.5, 0.6) is 11.5 Å². The van der Waals surface area contributed by atoms with E-state index in [1.165, 1.54) is 4.90 Å². The lowest BCUT2D eigenvalue weighted by Crippen LogP contribution is -2.37. The van der Waals surface area contributed by atoms with E-state index in [-0.39, 0.29) is 19.1 Å². The number of hydrogen-bond donors (Lipinski definition) is 1. The molecule has 25 heavy (non-hydrogen) atoms. The van der Waals surface area contributed by atoms with Crippen molar-refractivity contribution in [1.82, 2.24) is 4.90 Å². The van der Waals surface area contributed by atoms with E-state index in [2.05, 4.69) is 0 Å². The van der Waals surface area contributed by atoms with Crippen molar-refractivity contribution in [2.45, 2.75) is 13.0 Å². The van der Waals surface area contributed by atoms with Crippen LogP contribution in [0, 0.1) is 6.92 Å². The average Bonchev–Trinajstić information content (AvgIpc) is 2.62. The molecule has 1 amide bonds. The predicted molar refractivity (Wildman–Crippen MR) is 97.6 cm³/mol. The normalized spacial score (nSPS) is 11.7. The van der Waals surface area contributed by atoms with Crippen molar-refractivity contribution in [3.63, 3.8) is 0 Å². The SMILES string of the molecule is COc1ccc(C(=O)N(C)CC(O)COc2ccc(Cl)c(C)c2)cc1. The number of aliphatic hydroxyl groups is 1. The summed E-state index contributed by atoms with van der Waals surface area (Å²) in [6.07, 6.45) is -0.803. The number of nitrogens with zero attached hydrogens (tertiary/aromatic N) is 1. The van der Waals surface area contributed by atoms with Crippen molar-refractivity contribution in [3.8, 4) is 11.5 Å². The van der Waals surface area contributed by atoms with Crippen LogP contribution in [0.25, 0.3) is 0 Å². The van der Waals surface area contributed by atoms with Crippen LogP contribution in [-0.2, 0) is 0 Å². The van der Waals surface area contributed by atoms with Crippen molar-refractivity contribution in [2.75, 3.05) is 27.3 Å². The number of benzene rings is 2. The molecule has 5 nitrogen and oxygen atoms in total. The molecule has 1 N–H and O–H groups in total. The highest BCUT2D eigenvalue weighted by Gasteiger charge is 2.16. The quantitative estimate of drug-likeness (QED) is 0.820. The number of methoxy groups -OCH3 is 1. The molecule has 0 aliphatic heterocycles. The fourth-order valence-corrected chi connectivity index (χ4v) is 2.42. The number of ether oxygens (including phenoxy) is 2. The number of halogens is 1. The maximum absolute atomic E-state index is 12.4. The van der Waals surface area contributed by atoms with E-state index in [0.717, 1.165) is 5.56 Å². The van der Waals surface area contributed by atoms with Gasteiger partial charge >= 0.3 is 0 Å². The zero-order valence-corrected chi connectivity index (χ0v) is 15.3. The highest BCUT2D eigenvalue weighted by Crippen LogP contribution is 2.21. The second-order valence-electron chi connectivity index (χ2n) is 5.79. The monoisotopic (exact) mass is 363 g/mol. The van der Waals surface area contributed by atoms with Gasteiger partial charge in [-0.15, -0.1) is 0 Å². The van der Waals surface area contributed by atoms with Crippen LogP contribution < -0.4 is 9.47 Å². The van der Waals surface area contributed by atoms with Crippen LogP contribution >= 0.6 is 11.6 Å². The number of hydrogen-bond acceptors (Lipinski definition) is 4. The van der Waals surface area contributed by atoms with Crippen LogP contribution in [-0.4, -0.2) is 49.3 Å². The van der Waals surface area contributed by atoms with Crippen molar-refractivity contribution in [1.29, 1.82) is 0 Å². The van der Waals surface area contributed by atoms with Gasteiger partial charge in [-0.1, -0.05) is 11.6 Å². The van der Waals surface area contributed by atoms with Crippen LogP contribution in [0.15, 0.2) is 42.5 Å². The predicted octanol–water partition coefficient (Wildman–Crippen LogP) is 3.17. The largest absolute Gasteiger partial charge is 0.497 e. The molecule has 0 saturated heterocycles. The third-order valence-corrected chi connectivity index (χ3v) is 4.16. The third-order valence-electron chi connectivity index (χ3n) is 3.74. The molecular weight excluding hydrogens is 342 g/mol. The Bertz CT molecular complexity index is 718. The molecule has 0 fully saturated rings. The van der Waals surface area contributed by atoms with Gasteiger partial charge in [0.05, 0.1) is 7.11 Å². The smallest absolute Gasteiger partial charge is 0.253 e. The Morgan fingerprint density at radius 3 is 2.44 bits per heavy atom. The van der Waals surface area contributed by atoms with Gasteiger partial charge in [0.25, 0.3) is 5.91 Å². The van der Waals surface area contributed by atoms with Gasteiger partial charge in [-0.3, -0.25) is 4.79 Å². The summed E-state index contributed by atoms with van der Waals surface area (Å²) in [5.41, 5.74) is 1.44. The molecule has 2 rings (SSSR count). The summed E-state index contributed by atoms with van der Waals surface area (Å²) < 4.78 is 10.6. The van der Waals surface area contributed by atoms with Crippen molar-refractivity contribution in [3.05, 3.63) is 58.6 Å². The lowest BCUT2D eigenvalue weighted by atomic mass is 10.2. The summed E-state index contributed by atoms with van der Waals surface area (Å²) in [4.78, 5) is 13.8. The Kier molecular flexibility index (Phi) is 6.67. The Hall–Kier alpha value is -2.24. The van der Waals surface area contributed by atoms with Crippen molar-refractivity contribution < 1.29 is 19.4 Å². The standard InChI is InChI=1S/C19H22ClNO4/c1-13-10-17(8-9-18(13)20)25-12-15(22)11-21(2)19(23)14-4-6-16(24-3)7-5-14/h4-10,15,22H,11-12H2,1-3H3. The first-order valence-electron chi connectivity index (χ1n) is 7.87. The van der Waals surface area contributed by atoms with Gasteiger partial charge < -0.3 is 19.5 Å². The Morgan fingerprint density at radius 2 is 1.84 bits per heavy atom. The first kappa shape index (κ1) is 19.1. The summed E-state index contributed by atoms with van der Waals surface area (Å²) in [7, 11) is 3.21. The second kappa shape index (κ2) is 8.74. The topological polar surface area (TPSA) is 59.0 Å². The van der Waals surface area contributed by atoms with Gasteiger partial charge in [-0.25, -0.2) is 0 Å². The van der Waals surface area contributed by atoms with E-state index in [9.17, 15) is 9.90 Å². The van der Waals surface area contributed by atoms with E-state index in [1.807, 2.05) is 6.92 Å². The number of rotatable bonds is 7. The van der Waals surface area contributed by atoms with E-state index >= 15 is 0 Å². The van der Waals surface area contributed by atoms with Crippen LogP contribution in [0.3, 0.4) is 0 Å². The minimum atomic E-state index is -0.803. The minimum Gasteiger partial charge on any atom is -0.497 e. The van der Waals surface area contributed by atoms with Crippen LogP contribution in [0.4, 0.5) is 0 Å². The molecule has 0 aliphatic rings. The van der Waals surface area contributed by atoms with E-state index in [0.29, 0.717) is 22.1 Å². The second-order valence-corrected chi connectivity index (χ2v) is 6.20. The van der Waals surface area contributed by atoms with E-state index in [4.69, 9.17) is 21.1 Å². The molecule has 0 saturated carbocycles. The van der Waals surface area contributed by atoms with Crippen molar-refractivity contribution >= 4 is 17.5 Å². The summed E-state index contributed by atoms with van der Waals surface area (Å²) in [5.74, 6) is 1.14. The number of carbonyl (C=O) groups is 1. The lowest BCUT2D eigenvalue weighted by molar-refractivity contribution is 0.0563. The zero-order valence-electron chi connectivity index (χ0n) is 14.5. The van der Waals surface area contributed by atoms with Crippen molar-refractivity contribution in [2.24, 2.45) is 0 Å². The van der Waals surface area contributed by atoms with Gasteiger partial charge in [0.15, 0.2) is 0 Å². The molecule has 1 unspecified atom stereocenters. The minimum absolute atomic E-state index is 0.0846. The number of aryl methyl sites for hydroxylation is 1. The Balaban J connectivity index is 1.86. The summed E-state index contributed by atoms with van der Waals surface area (Å²) in [6.45, 7) is 2.13. The maximum Gasteiger partial charge on any atom is 0.253 e. The number of amides is 1. The van der Waals surface area contributed by atoms with Crippen LogP contribution in [0.1, 0.15) is 15.9 Å². The Labute approximate surface area is 152 Å². The summed E-state index contributed by atoms with van der Waals surface area (Å²) in [6, 6.07) is 12.1. The fourth-order valence-electron chi connectivity index (χ4n) is 2.31. The average molecular weight is 364 g/mol. The zero-order chi connectivity index (χ0) is 18.4. The molecule has 0 aliphatic carbocycles. The molecule has 2 aromatic carbocycles. The molecular formula is C19H22ClNO4. The van der Waals surface area contributed by atoms with Gasteiger partial charge in [0.2, 0.25) is 0 Å². The van der Waals surface area contributed by atoms with E-state index < -0.39 is 6.10 Å². The fraction of sp³-hybridized carbons (Fsp3) is 0.316. The lowest BCUT2D eigenvalue weighted by Gasteiger charge is -2.21. The molecule has 2 aromatic rings. The summed E-state index contributed by atoms with van der Waals surface area (Å²) >= 11 is 5.97.